The highest BCUT2D eigenvalue weighted by atomic mass is 16.1. The van der Waals surface area contributed by atoms with E-state index in [4.69, 9.17) is 0 Å². The fourth-order valence-electron chi connectivity index (χ4n) is 2.22. The van der Waals surface area contributed by atoms with Crippen LogP contribution in [0.2, 0.25) is 0 Å². The molecular weight excluding hydrogens is 174 g/mol. The van der Waals surface area contributed by atoms with Crippen LogP contribution in [0.5, 0.6) is 0 Å². The van der Waals surface area contributed by atoms with Gasteiger partial charge in [-0.1, -0.05) is 18.2 Å². The summed E-state index contributed by atoms with van der Waals surface area (Å²) >= 11 is 0. The van der Waals surface area contributed by atoms with E-state index in [2.05, 4.69) is 6.07 Å². The zero-order chi connectivity index (χ0) is 9.54. The van der Waals surface area contributed by atoms with Gasteiger partial charge in [-0.3, -0.25) is 4.79 Å². The van der Waals surface area contributed by atoms with E-state index in [0.29, 0.717) is 0 Å². The van der Waals surface area contributed by atoms with E-state index in [1.807, 2.05) is 28.8 Å². The summed E-state index contributed by atoms with van der Waals surface area (Å²) < 4.78 is 1.91. The van der Waals surface area contributed by atoms with Crippen molar-refractivity contribution in [2.24, 2.45) is 0 Å². The molecule has 2 nitrogen and oxygen atoms in total. The van der Waals surface area contributed by atoms with Gasteiger partial charge in [0, 0.05) is 17.6 Å². The standard InChI is InChI=1S/C12H11NO/c14-12-11-6-2-1-4-9(11)8-10-5-3-7-13(10)12/h1-2,4,6,8H,3,5,7H2. The van der Waals surface area contributed by atoms with E-state index in [1.165, 1.54) is 5.69 Å². The number of pyridine rings is 1. The van der Waals surface area contributed by atoms with Crippen LogP contribution in [-0.2, 0) is 13.0 Å². The lowest BCUT2D eigenvalue weighted by atomic mass is 10.1. The SMILES string of the molecule is O=c1c2ccccc2cc2n1CCC2. The Morgan fingerprint density at radius 2 is 2.07 bits per heavy atom. The predicted octanol–water partition coefficient (Wildman–Crippen LogP) is 1.95. The highest BCUT2D eigenvalue weighted by Gasteiger charge is 2.13. The van der Waals surface area contributed by atoms with Gasteiger partial charge >= 0.3 is 0 Å². The summed E-state index contributed by atoms with van der Waals surface area (Å²) in [5.74, 6) is 0. The van der Waals surface area contributed by atoms with Crippen molar-refractivity contribution in [3.8, 4) is 0 Å². The quantitative estimate of drug-likeness (QED) is 0.615. The molecule has 1 aromatic heterocycles. The third-order valence-electron chi connectivity index (χ3n) is 2.92. The molecule has 0 amide bonds. The van der Waals surface area contributed by atoms with E-state index in [1.54, 1.807) is 0 Å². The first-order valence-electron chi connectivity index (χ1n) is 4.98. The van der Waals surface area contributed by atoms with Gasteiger partial charge in [0.05, 0.1) is 0 Å². The lowest BCUT2D eigenvalue weighted by Crippen LogP contribution is -2.18. The zero-order valence-electron chi connectivity index (χ0n) is 7.86. The fourth-order valence-corrected chi connectivity index (χ4v) is 2.22. The normalized spacial score (nSPS) is 14.6. The Morgan fingerprint density at radius 3 is 3.00 bits per heavy atom. The Kier molecular flexibility index (Phi) is 1.51. The largest absolute Gasteiger partial charge is 0.312 e. The van der Waals surface area contributed by atoms with Gasteiger partial charge in [-0.15, -0.1) is 0 Å². The molecule has 2 aromatic rings. The minimum absolute atomic E-state index is 0.176. The average Bonchev–Trinajstić information content (AvgIpc) is 2.66. The second-order valence-corrected chi connectivity index (χ2v) is 3.78. The van der Waals surface area contributed by atoms with Crippen molar-refractivity contribution in [1.29, 1.82) is 0 Å². The highest BCUT2D eigenvalue weighted by Crippen LogP contribution is 2.17. The number of aryl methyl sites for hydroxylation is 1. The van der Waals surface area contributed by atoms with Crippen molar-refractivity contribution in [3.05, 3.63) is 46.4 Å². The molecule has 2 heterocycles. The Balaban J connectivity index is 2.50. The molecular formula is C12H11NO. The van der Waals surface area contributed by atoms with E-state index in [9.17, 15) is 4.79 Å². The lowest BCUT2D eigenvalue weighted by molar-refractivity contribution is 0.726. The summed E-state index contributed by atoms with van der Waals surface area (Å²) in [6, 6.07) is 9.96. The molecule has 0 unspecified atom stereocenters. The molecule has 2 heteroatoms. The van der Waals surface area contributed by atoms with Crippen LogP contribution in [0.3, 0.4) is 0 Å². The van der Waals surface area contributed by atoms with Crippen molar-refractivity contribution in [2.75, 3.05) is 0 Å². The molecule has 1 aliphatic rings. The van der Waals surface area contributed by atoms with Crippen molar-refractivity contribution in [1.82, 2.24) is 4.57 Å². The molecule has 0 aliphatic carbocycles. The van der Waals surface area contributed by atoms with Gasteiger partial charge < -0.3 is 4.57 Å². The maximum atomic E-state index is 12.0. The van der Waals surface area contributed by atoms with Crippen molar-refractivity contribution >= 4 is 10.8 Å². The number of hydrogen-bond acceptors (Lipinski definition) is 1. The molecule has 3 rings (SSSR count). The Hall–Kier alpha value is -1.57. The van der Waals surface area contributed by atoms with Gasteiger partial charge in [0.2, 0.25) is 0 Å². The van der Waals surface area contributed by atoms with Gasteiger partial charge in [0.15, 0.2) is 0 Å². The van der Waals surface area contributed by atoms with Crippen LogP contribution in [0.1, 0.15) is 12.1 Å². The van der Waals surface area contributed by atoms with Gasteiger partial charge in [-0.2, -0.15) is 0 Å². The summed E-state index contributed by atoms with van der Waals surface area (Å²) in [5, 5.41) is 1.92. The van der Waals surface area contributed by atoms with Gasteiger partial charge in [0.1, 0.15) is 0 Å². The maximum Gasteiger partial charge on any atom is 0.258 e. The fraction of sp³-hybridized carbons (Fsp3) is 0.250. The Morgan fingerprint density at radius 1 is 1.21 bits per heavy atom. The first-order valence-corrected chi connectivity index (χ1v) is 4.98. The van der Waals surface area contributed by atoms with Crippen molar-refractivity contribution in [2.45, 2.75) is 19.4 Å². The smallest absolute Gasteiger partial charge is 0.258 e. The molecule has 1 aliphatic heterocycles. The molecule has 0 atom stereocenters. The molecule has 0 saturated carbocycles. The topological polar surface area (TPSA) is 22.0 Å². The monoisotopic (exact) mass is 185 g/mol. The minimum Gasteiger partial charge on any atom is -0.312 e. The summed E-state index contributed by atoms with van der Waals surface area (Å²) in [5.41, 5.74) is 1.37. The van der Waals surface area contributed by atoms with Crippen molar-refractivity contribution in [3.63, 3.8) is 0 Å². The molecule has 0 radical (unpaired) electrons. The second kappa shape index (κ2) is 2.71. The van der Waals surface area contributed by atoms with Crippen LogP contribution in [-0.4, -0.2) is 4.57 Å². The molecule has 1 aromatic carbocycles. The maximum absolute atomic E-state index is 12.0. The van der Waals surface area contributed by atoms with Crippen LogP contribution < -0.4 is 5.56 Å². The van der Waals surface area contributed by atoms with Crippen LogP contribution in [0.25, 0.3) is 10.8 Å². The van der Waals surface area contributed by atoms with Gasteiger partial charge in [-0.25, -0.2) is 0 Å². The van der Waals surface area contributed by atoms with Crippen LogP contribution in [0, 0.1) is 0 Å². The molecule has 0 saturated heterocycles. The molecule has 14 heavy (non-hydrogen) atoms. The first-order chi connectivity index (χ1) is 6.86. The van der Waals surface area contributed by atoms with E-state index in [-0.39, 0.29) is 5.56 Å². The number of aromatic nitrogens is 1. The number of hydrogen-bond donors (Lipinski definition) is 0. The van der Waals surface area contributed by atoms with Crippen molar-refractivity contribution < 1.29 is 0 Å². The number of benzene rings is 1. The third-order valence-corrected chi connectivity index (χ3v) is 2.92. The van der Waals surface area contributed by atoms with E-state index < -0.39 is 0 Å². The number of rotatable bonds is 0. The summed E-state index contributed by atoms with van der Waals surface area (Å²) in [6.07, 6.45) is 2.14. The van der Waals surface area contributed by atoms with E-state index in [0.717, 1.165) is 30.2 Å². The first kappa shape index (κ1) is 7.80. The van der Waals surface area contributed by atoms with E-state index >= 15 is 0 Å². The van der Waals surface area contributed by atoms with Gasteiger partial charge in [0.25, 0.3) is 5.56 Å². The highest BCUT2D eigenvalue weighted by molar-refractivity contribution is 5.81. The molecule has 70 valence electrons. The second-order valence-electron chi connectivity index (χ2n) is 3.78. The molecule has 0 spiro atoms. The van der Waals surface area contributed by atoms with Crippen LogP contribution in [0.4, 0.5) is 0 Å². The third kappa shape index (κ3) is 0.939. The van der Waals surface area contributed by atoms with Gasteiger partial charge in [-0.05, 0) is 30.4 Å². The predicted molar refractivity (Wildman–Crippen MR) is 56.5 cm³/mol. The minimum atomic E-state index is 0.176. The lowest BCUT2D eigenvalue weighted by Gasteiger charge is -2.04. The summed E-state index contributed by atoms with van der Waals surface area (Å²) in [6.45, 7) is 0.888. The van der Waals surface area contributed by atoms with Crippen LogP contribution >= 0.6 is 0 Å². The Bertz CT molecular complexity index is 554. The molecule has 0 bridgehead atoms. The average molecular weight is 185 g/mol. The molecule has 0 N–H and O–H groups in total. The number of nitrogens with zero attached hydrogens (tertiary/aromatic N) is 1. The molecule has 0 fully saturated rings. The summed E-state index contributed by atoms with van der Waals surface area (Å²) in [7, 11) is 0. The number of fused-ring (bicyclic) bond motifs is 2. The summed E-state index contributed by atoms with van der Waals surface area (Å²) in [4.78, 5) is 12.0. The van der Waals surface area contributed by atoms with Crippen LogP contribution in [0.15, 0.2) is 35.1 Å². The Labute approximate surface area is 81.8 Å². The zero-order valence-corrected chi connectivity index (χ0v) is 7.86.